The van der Waals surface area contributed by atoms with Gasteiger partial charge in [-0.15, -0.1) is 0 Å². The van der Waals surface area contributed by atoms with Crippen LogP contribution in [0.15, 0.2) is 47.2 Å². The number of allylic oxidation sites excluding steroid dienone is 2. The quantitative estimate of drug-likeness (QED) is 0.676. The highest BCUT2D eigenvalue weighted by Crippen LogP contribution is 2.54. The van der Waals surface area contributed by atoms with E-state index < -0.39 is 11.3 Å². The van der Waals surface area contributed by atoms with Crippen LogP contribution in [0.1, 0.15) is 11.5 Å². The molecule has 0 bridgehead atoms. The summed E-state index contributed by atoms with van der Waals surface area (Å²) in [6.07, 6.45) is 2.00. The van der Waals surface area contributed by atoms with Crippen LogP contribution in [0.4, 0.5) is 0 Å². The number of nitrogens with zero attached hydrogens (tertiary/aromatic N) is 4. The molecule has 0 unspecified atom stereocenters. The lowest BCUT2D eigenvalue weighted by Crippen LogP contribution is -2.47. The minimum Gasteiger partial charge on any atom is -0.399 e. The Balaban J connectivity index is 2.34. The molecule has 0 aromatic heterocycles. The van der Waals surface area contributed by atoms with E-state index in [-0.39, 0.29) is 11.6 Å². The molecule has 0 saturated carbocycles. The lowest BCUT2D eigenvalue weighted by molar-refractivity contribution is 0.237. The summed E-state index contributed by atoms with van der Waals surface area (Å²) < 4.78 is 1.03. The van der Waals surface area contributed by atoms with Crippen LogP contribution in [0.3, 0.4) is 0 Å². The zero-order valence-corrected chi connectivity index (χ0v) is 15.9. The Labute approximate surface area is 160 Å². The second-order valence-corrected chi connectivity index (χ2v) is 7.70. The van der Waals surface area contributed by atoms with Crippen molar-refractivity contribution < 1.29 is 0 Å². The van der Waals surface area contributed by atoms with Crippen LogP contribution in [-0.2, 0) is 0 Å². The van der Waals surface area contributed by atoms with Crippen molar-refractivity contribution in [2.45, 2.75) is 5.92 Å². The van der Waals surface area contributed by atoms with Crippen LogP contribution in [0, 0.1) is 48.9 Å². The molecule has 2 aliphatic rings. The first-order valence-electron chi connectivity index (χ1n) is 7.85. The predicted molar refractivity (Wildman–Crippen MR) is 101 cm³/mol. The zero-order valence-electron chi connectivity index (χ0n) is 13.7. The molecule has 2 atom stereocenters. The number of nitrogens with two attached hydrogens (primary N) is 1. The second-order valence-electron chi connectivity index (χ2n) is 6.45. The Morgan fingerprint density at radius 2 is 2.00 bits per heavy atom. The molecule has 3 rings (SSSR count). The minimum absolute atomic E-state index is 0.0796. The Hall–Kier alpha value is -2.34. The first kappa shape index (κ1) is 17.5. The fourth-order valence-corrected chi connectivity index (χ4v) is 4.47. The van der Waals surface area contributed by atoms with Crippen molar-refractivity contribution in [3.05, 3.63) is 56.3 Å². The normalized spacial score (nSPS) is 25.2. The number of benzene rings is 1. The van der Waals surface area contributed by atoms with Crippen molar-refractivity contribution in [2.75, 3.05) is 20.1 Å². The molecule has 1 aliphatic heterocycles. The van der Waals surface area contributed by atoms with E-state index in [2.05, 4.69) is 45.7 Å². The average Bonchev–Trinajstić information content (AvgIpc) is 2.61. The maximum atomic E-state index is 9.95. The molecule has 1 aromatic rings. The lowest BCUT2D eigenvalue weighted by Gasteiger charge is -2.45. The SMILES string of the molecule is CN1CC=C2C(C#N)=C(N)C(C#N)(C#N)[C@@H](c3cccc(I)c3)[C@@H]2C1. The largest absolute Gasteiger partial charge is 0.399 e. The number of hydrogen-bond donors (Lipinski definition) is 1. The van der Waals surface area contributed by atoms with Crippen molar-refractivity contribution in [2.24, 2.45) is 17.1 Å². The Bertz CT molecular complexity index is 895. The molecule has 1 heterocycles. The molecule has 0 fully saturated rings. The van der Waals surface area contributed by atoms with Gasteiger partial charge in [0.15, 0.2) is 5.41 Å². The number of fused-ring (bicyclic) bond motifs is 1. The van der Waals surface area contributed by atoms with Crippen LogP contribution in [-0.4, -0.2) is 25.0 Å². The molecule has 1 aliphatic carbocycles. The van der Waals surface area contributed by atoms with Crippen LogP contribution in [0.2, 0.25) is 0 Å². The van der Waals surface area contributed by atoms with Gasteiger partial charge >= 0.3 is 0 Å². The highest BCUT2D eigenvalue weighted by Gasteiger charge is 2.54. The monoisotopic (exact) mass is 441 g/mol. The molecule has 2 N–H and O–H groups in total. The highest BCUT2D eigenvalue weighted by atomic mass is 127. The molecule has 6 heteroatoms. The van der Waals surface area contributed by atoms with Gasteiger partial charge in [0.2, 0.25) is 0 Å². The van der Waals surface area contributed by atoms with E-state index >= 15 is 0 Å². The first-order chi connectivity index (χ1) is 12.0. The predicted octanol–water partition coefficient (Wildman–Crippen LogP) is 2.65. The van der Waals surface area contributed by atoms with Gasteiger partial charge in [0, 0.05) is 28.5 Å². The van der Waals surface area contributed by atoms with Crippen LogP contribution >= 0.6 is 22.6 Å². The number of hydrogen-bond acceptors (Lipinski definition) is 5. The van der Waals surface area contributed by atoms with E-state index in [0.29, 0.717) is 12.1 Å². The summed E-state index contributed by atoms with van der Waals surface area (Å²) in [5.41, 5.74) is 6.85. The molecule has 0 saturated heterocycles. The summed E-state index contributed by atoms with van der Waals surface area (Å²) in [5.74, 6) is -0.540. The summed E-state index contributed by atoms with van der Waals surface area (Å²) in [4.78, 5) is 2.13. The van der Waals surface area contributed by atoms with Crippen LogP contribution in [0.5, 0.6) is 0 Å². The zero-order chi connectivity index (χ0) is 18.2. The molecular formula is C19H16IN5. The standard InChI is InChI=1S/C19H16IN5/c1-25-6-5-14-15(8-21)18(24)19(10-22,11-23)17(16(14)9-25)12-3-2-4-13(20)7-12/h2-5,7,16-17H,6,9,24H2,1H3/t16-,17+/m1/s1. The summed E-state index contributed by atoms with van der Waals surface area (Å²) >= 11 is 2.22. The Morgan fingerprint density at radius 3 is 2.60 bits per heavy atom. The highest BCUT2D eigenvalue weighted by molar-refractivity contribution is 14.1. The smallest absolute Gasteiger partial charge is 0.191 e. The van der Waals surface area contributed by atoms with Gasteiger partial charge in [-0.05, 0) is 52.9 Å². The maximum Gasteiger partial charge on any atom is 0.191 e. The third-order valence-electron chi connectivity index (χ3n) is 5.05. The molecule has 5 nitrogen and oxygen atoms in total. The van der Waals surface area contributed by atoms with Crippen molar-refractivity contribution in [1.82, 2.24) is 4.90 Å². The van der Waals surface area contributed by atoms with E-state index in [9.17, 15) is 15.8 Å². The topological polar surface area (TPSA) is 101 Å². The Morgan fingerprint density at radius 1 is 1.28 bits per heavy atom. The minimum atomic E-state index is -1.55. The number of halogens is 1. The number of nitriles is 3. The third kappa shape index (κ3) is 2.61. The van der Waals surface area contributed by atoms with E-state index in [1.807, 2.05) is 37.4 Å². The lowest BCUT2D eigenvalue weighted by atomic mass is 9.58. The van der Waals surface area contributed by atoms with Gasteiger partial charge in [-0.1, -0.05) is 18.2 Å². The fraction of sp³-hybridized carbons (Fsp3) is 0.316. The van der Waals surface area contributed by atoms with Gasteiger partial charge in [-0.3, -0.25) is 0 Å². The summed E-state index contributed by atoms with van der Waals surface area (Å²) in [6.45, 7) is 1.39. The Kier molecular flexibility index (Phi) is 4.56. The van der Waals surface area contributed by atoms with Gasteiger partial charge in [0.1, 0.15) is 6.07 Å². The van der Waals surface area contributed by atoms with Crippen LogP contribution < -0.4 is 5.73 Å². The van der Waals surface area contributed by atoms with E-state index in [4.69, 9.17) is 5.73 Å². The maximum absolute atomic E-state index is 9.95. The van der Waals surface area contributed by atoms with Crippen molar-refractivity contribution >= 4 is 22.6 Å². The first-order valence-corrected chi connectivity index (χ1v) is 8.93. The van der Waals surface area contributed by atoms with Crippen LogP contribution in [0.25, 0.3) is 0 Å². The molecular weight excluding hydrogens is 425 g/mol. The molecule has 124 valence electrons. The van der Waals surface area contributed by atoms with Gasteiger partial charge in [-0.2, -0.15) is 15.8 Å². The summed E-state index contributed by atoms with van der Waals surface area (Å²) in [7, 11) is 1.99. The number of likely N-dealkylation sites (N-methyl/N-ethyl adjacent to an activating group) is 1. The van der Waals surface area contributed by atoms with Gasteiger partial charge in [0.25, 0.3) is 0 Å². The molecule has 0 spiro atoms. The van der Waals surface area contributed by atoms with Gasteiger partial charge in [-0.25, -0.2) is 0 Å². The van der Waals surface area contributed by atoms with Gasteiger partial charge < -0.3 is 10.6 Å². The molecule has 0 amide bonds. The summed E-state index contributed by atoms with van der Waals surface area (Å²) in [6, 6.07) is 14.3. The number of rotatable bonds is 1. The second kappa shape index (κ2) is 6.52. The van der Waals surface area contributed by atoms with E-state index in [1.165, 1.54) is 0 Å². The van der Waals surface area contributed by atoms with Gasteiger partial charge in [0.05, 0.1) is 23.4 Å². The van der Waals surface area contributed by atoms with Crippen molar-refractivity contribution in [1.29, 1.82) is 15.8 Å². The molecule has 1 aromatic carbocycles. The van der Waals surface area contributed by atoms with E-state index in [1.54, 1.807) is 0 Å². The molecule has 0 radical (unpaired) electrons. The third-order valence-corrected chi connectivity index (χ3v) is 5.73. The average molecular weight is 441 g/mol. The van der Waals surface area contributed by atoms with E-state index in [0.717, 1.165) is 21.3 Å². The fourth-order valence-electron chi connectivity index (χ4n) is 3.90. The summed E-state index contributed by atoms with van der Waals surface area (Å²) in [5, 5.41) is 29.5. The molecule has 25 heavy (non-hydrogen) atoms. The van der Waals surface area contributed by atoms with Crippen molar-refractivity contribution in [3.63, 3.8) is 0 Å². The van der Waals surface area contributed by atoms with Crippen molar-refractivity contribution in [3.8, 4) is 18.2 Å².